The van der Waals surface area contributed by atoms with Gasteiger partial charge in [-0.05, 0) is 50.3 Å². The van der Waals surface area contributed by atoms with Gasteiger partial charge in [-0.25, -0.2) is 4.39 Å². The first-order chi connectivity index (χ1) is 16.4. The number of amides is 1. The molecule has 0 N–H and O–H groups in total. The SMILES string of the molecule is CN(CCCC1(c2ccc(F)cc2)OCCO1)CC(=O)N1CCC(Oc2cccc(Cl)c2)CC1. The van der Waals surface area contributed by atoms with Crippen LogP contribution in [0.4, 0.5) is 4.39 Å². The van der Waals surface area contributed by atoms with Gasteiger partial charge < -0.3 is 19.1 Å². The van der Waals surface area contributed by atoms with Gasteiger partial charge in [0.05, 0.1) is 19.8 Å². The van der Waals surface area contributed by atoms with Crippen LogP contribution in [0.2, 0.25) is 5.02 Å². The molecule has 184 valence electrons. The highest BCUT2D eigenvalue weighted by molar-refractivity contribution is 6.30. The number of piperidine rings is 1. The molecule has 1 amide bonds. The molecule has 2 aromatic carbocycles. The molecule has 0 aromatic heterocycles. The fourth-order valence-corrected chi connectivity index (χ4v) is 4.74. The molecule has 0 atom stereocenters. The van der Waals surface area contributed by atoms with Gasteiger partial charge in [-0.3, -0.25) is 9.69 Å². The molecule has 34 heavy (non-hydrogen) atoms. The smallest absolute Gasteiger partial charge is 0.236 e. The van der Waals surface area contributed by atoms with Gasteiger partial charge in [0.1, 0.15) is 17.7 Å². The maximum atomic E-state index is 13.3. The lowest BCUT2D eigenvalue weighted by molar-refractivity contribution is -0.172. The molecular formula is C26H32ClFN2O4. The summed E-state index contributed by atoms with van der Waals surface area (Å²) in [6.45, 7) is 3.51. The summed E-state index contributed by atoms with van der Waals surface area (Å²) in [7, 11) is 1.95. The summed E-state index contributed by atoms with van der Waals surface area (Å²) < 4.78 is 31.2. The van der Waals surface area contributed by atoms with E-state index in [1.807, 2.05) is 41.1 Å². The molecule has 0 bridgehead atoms. The third kappa shape index (κ3) is 6.48. The third-order valence-corrected chi connectivity index (χ3v) is 6.62. The number of likely N-dealkylation sites (tertiary alicyclic amines) is 1. The fraction of sp³-hybridized carbons (Fsp3) is 0.500. The first kappa shape index (κ1) is 24.9. The molecule has 2 heterocycles. The van der Waals surface area contributed by atoms with E-state index in [1.165, 1.54) is 12.1 Å². The summed E-state index contributed by atoms with van der Waals surface area (Å²) in [6, 6.07) is 13.7. The van der Waals surface area contributed by atoms with Crippen LogP contribution in [0.1, 0.15) is 31.2 Å². The topological polar surface area (TPSA) is 51.2 Å². The number of hydrogen-bond donors (Lipinski definition) is 0. The van der Waals surface area contributed by atoms with Gasteiger partial charge in [0.2, 0.25) is 5.91 Å². The third-order valence-electron chi connectivity index (χ3n) is 6.38. The van der Waals surface area contributed by atoms with Gasteiger partial charge in [-0.15, -0.1) is 0 Å². The van der Waals surface area contributed by atoms with Crippen molar-refractivity contribution in [2.45, 2.75) is 37.6 Å². The normalized spacial score (nSPS) is 18.4. The molecule has 8 heteroatoms. The molecule has 2 aliphatic heterocycles. The molecule has 2 aliphatic rings. The van der Waals surface area contributed by atoms with Crippen molar-refractivity contribution < 1.29 is 23.4 Å². The second-order valence-electron chi connectivity index (χ2n) is 8.95. The fourth-order valence-electron chi connectivity index (χ4n) is 4.56. The van der Waals surface area contributed by atoms with Crippen LogP contribution in [0.3, 0.4) is 0 Å². The minimum absolute atomic E-state index is 0.0920. The molecule has 2 saturated heterocycles. The Balaban J connectivity index is 1.19. The number of halogens is 2. The van der Waals surface area contributed by atoms with Crippen molar-refractivity contribution in [3.63, 3.8) is 0 Å². The highest BCUT2D eigenvalue weighted by Gasteiger charge is 2.38. The minimum Gasteiger partial charge on any atom is -0.490 e. The Morgan fingerprint density at radius 3 is 2.56 bits per heavy atom. The van der Waals surface area contributed by atoms with Crippen molar-refractivity contribution in [2.75, 3.05) is 46.4 Å². The quantitative estimate of drug-likeness (QED) is 0.519. The summed E-state index contributed by atoms with van der Waals surface area (Å²) in [5.41, 5.74) is 0.827. The van der Waals surface area contributed by atoms with Crippen molar-refractivity contribution >= 4 is 17.5 Å². The van der Waals surface area contributed by atoms with Crippen molar-refractivity contribution in [3.8, 4) is 5.75 Å². The van der Waals surface area contributed by atoms with E-state index in [2.05, 4.69) is 0 Å². The number of likely N-dealkylation sites (N-methyl/N-ethyl adjacent to an activating group) is 1. The van der Waals surface area contributed by atoms with Crippen LogP contribution >= 0.6 is 11.6 Å². The lowest BCUT2D eigenvalue weighted by atomic mass is 10.0. The Hall–Kier alpha value is -2.19. The zero-order valence-electron chi connectivity index (χ0n) is 19.6. The lowest BCUT2D eigenvalue weighted by Crippen LogP contribution is -2.45. The molecule has 2 fully saturated rings. The summed E-state index contributed by atoms with van der Waals surface area (Å²) in [5.74, 6) is -0.213. The summed E-state index contributed by atoms with van der Waals surface area (Å²) in [4.78, 5) is 16.7. The van der Waals surface area contributed by atoms with E-state index < -0.39 is 5.79 Å². The average Bonchev–Trinajstić information content (AvgIpc) is 3.30. The zero-order chi connectivity index (χ0) is 24.0. The largest absolute Gasteiger partial charge is 0.490 e. The maximum absolute atomic E-state index is 13.3. The molecule has 6 nitrogen and oxygen atoms in total. The number of hydrogen-bond acceptors (Lipinski definition) is 5. The first-order valence-corrected chi connectivity index (χ1v) is 12.2. The molecule has 0 radical (unpaired) electrons. The lowest BCUT2D eigenvalue weighted by Gasteiger charge is -2.33. The second kappa shape index (κ2) is 11.5. The predicted octanol–water partition coefficient (Wildman–Crippen LogP) is 4.46. The van der Waals surface area contributed by atoms with Crippen LogP contribution in [0.15, 0.2) is 48.5 Å². The maximum Gasteiger partial charge on any atom is 0.236 e. The van der Waals surface area contributed by atoms with E-state index in [0.717, 1.165) is 37.1 Å². The monoisotopic (exact) mass is 490 g/mol. The molecule has 0 spiro atoms. The van der Waals surface area contributed by atoms with E-state index in [1.54, 1.807) is 12.1 Å². The van der Waals surface area contributed by atoms with Crippen molar-refractivity contribution in [2.24, 2.45) is 0 Å². The molecule has 0 aliphatic carbocycles. The highest BCUT2D eigenvalue weighted by atomic mass is 35.5. The predicted molar refractivity (Wildman–Crippen MR) is 128 cm³/mol. The second-order valence-corrected chi connectivity index (χ2v) is 9.39. The first-order valence-electron chi connectivity index (χ1n) is 11.9. The Morgan fingerprint density at radius 1 is 1.18 bits per heavy atom. The van der Waals surface area contributed by atoms with Crippen molar-refractivity contribution in [3.05, 3.63) is 64.9 Å². The van der Waals surface area contributed by atoms with Crippen LogP contribution < -0.4 is 4.74 Å². The molecule has 0 saturated carbocycles. The Labute approximate surface area is 205 Å². The average molecular weight is 491 g/mol. The van der Waals surface area contributed by atoms with Crippen LogP contribution in [-0.2, 0) is 20.1 Å². The minimum atomic E-state index is -0.830. The molecule has 0 unspecified atom stereocenters. The number of nitrogens with zero attached hydrogens (tertiary/aromatic N) is 2. The number of ether oxygens (including phenoxy) is 3. The van der Waals surface area contributed by atoms with E-state index in [-0.39, 0.29) is 17.8 Å². The molecular weight excluding hydrogens is 459 g/mol. The van der Waals surface area contributed by atoms with Crippen LogP contribution in [0.5, 0.6) is 5.75 Å². The van der Waals surface area contributed by atoms with Crippen molar-refractivity contribution in [1.82, 2.24) is 9.80 Å². The Kier molecular flexibility index (Phi) is 8.42. The molecule has 4 rings (SSSR count). The van der Waals surface area contributed by atoms with E-state index in [9.17, 15) is 9.18 Å². The van der Waals surface area contributed by atoms with Crippen LogP contribution in [-0.4, -0.2) is 68.3 Å². The number of benzene rings is 2. The summed E-state index contributed by atoms with van der Waals surface area (Å²) >= 11 is 6.03. The Morgan fingerprint density at radius 2 is 1.88 bits per heavy atom. The van der Waals surface area contributed by atoms with Crippen LogP contribution in [0, 0.1) is 5.82 Å². The van der Waals surface area contributed by atoms with Crippen molar-refractivity contribution in [1.29, 1.82) is 0 Å². The molecule has 2 aromatic rings. The van der Waals surface area contributed by atoms with Gasteiger partial charge >= 0.3 is 0 Å². The number of carbonyl (C=O) groups excluding carboxylic acids is 1. The zero-order valence-corrected chi connectivity index (χ0v) is 20.3. The van der Waals surface area contributed by atoms with Gasteiger partial charge in [-0.2, -0.15) is 0 Å². The number of rotatable bonds is 9. The number of carbonyl (C=O) groups is 1. The van der Waals surface area contributed by atoms with E-state index >= 15 is 0 Å². The van der Waals surface area contributed by atoms with Gasteiger partial charge in [0, 0.05) is 42.9 Å². The van der Waals surface area contributed by atoms with Gasteiger partial charge in [0.15, 0.2) is 5.79 Å². The standard InChI is InChI=1S/C26H32ClFN2O4/c1-29(13-3-12-26(32-16-17-33-26)20-6-8-22(28)9-7-20)19-25(31)30-14-10-23(11-15-30)34-24-5-2-4-21(27)18-24/h2,4-9,18,23H,3,10-17,19H2,1H3. The summed E-state index contributed by atoms with van der Waals surface area (Å²) in [6.07, 6.45) is 3.13. The van der Waals surface area contributed by atoms with Gasteiger partial charge in [-0.1, -0.05) is 29.8 Å². The van der Waals surface area contributed by atoms with E-state index in [0.29, 0.717) is 44.3 Å². The summed E-state index contributed by atoms with van der Waals surface area (Å²) in [5, 5.41) is 0.655. The van der Waals surface area contributed by atoms with Gasteiger partial charge in [0.25, 0.3) is 0 Å². The van der Waals surface area contributed by atoms with E-state index in [4.69, 9.17) is 25.8 Å². The Bertz CT molecular complexity index is 944. The van der Waals surface area contributed by atoms with Crippen LogP contribution in [0.25, 0.3) is 0 Å². The highest BCUT2D eigenvalue weighted by Crippen LogP contribution is 2.36.